The zero-order valence-electron chi connectivity index (χ0n) is 13.6. The Balaban J connectivity index is 2.50. The largest absolute Gasteiger partial charge is 0.459 e. The number of piperidine rings is 1. The van der Waals surface area contributed by atoms with Gasteiger partial charge in [0.15, 0.2) is 0 Å². The van der Waals surface area contributed by atoms with Crippen molar-refractivity contribution in [3.63, 3.8) is 0 Å². The van der Waals surface area contributed by atoms with Crippen molar-refractivity contribution in [2.75, 3.05) is 20.1 Å². The molecule has 1 aliphatic heterocycles. The highest BCUT2D eigenvalue weighted by Gasteiger charge is 2.33. The van der Waals surface area contributed by atoms with E-state index in [1.807, 2.05) is 13.8 Å². The molecule has 0 aromatic rings. The molecule has 0 spiro atoms. The third-order valence-corrected chi connectivity index (χ3v) is 4.29. The van der Waals surface area contributed by atoms with Crippen molar-refractivity contribution in [2.24, 2.45) is 11.3 Å². The predicted octanol–water partition coefficient (Wildman–Crippen LogP) is 3.48. The highest BCUT2D eigenvalue weighted by Crippen LogP contribution is 2.34. The van der Waals surface area contributed by atoms with Crippen molar-refractivity contribution in [2.45, 2.75) is 65.9 Å². The topological polar surface area (TPSA) is 29.5 Å². The Morgan fingerprint density at radius 1 is 1.21 bits per heavy atom. The molecule has 19 heavy (non-hydrogen) atoms. The minimum absolute atomic E-state index is 0.00463. The van der Waals surface area contributed by atoms with Crippen LogP contribution in [0.1, 0.15) is 60.3 Å². The summed E-state index contributed by atoms with van der Waals surface area (Å²) in [6, 6.07) is 0. The molecule has 0 aliphatic carbocycles. The average molecular weight is 269 g/mol. The van der Waals surface area contributed by atoms with Gasteiger partial charge in [0, 0.05) is 0 Å². The molecule has 1 saturated heterocycles. The van der Waals surface area contributed by atoms with E-state index < -0.39 is 0 Å². The molecule has 1 heterocycles. The molecule has 0 atom stereocenters. The van der Waals surface area contributed by atoms with Crippen LogP contribution in [0.25, 0.3) is 0 Å². The van der Waals surface area contributed by atoms with E-state index in [1.165, 1.54) is 0 Å². The van der Waals surface area contributed by atoms with Gasteiger partial charge in [0.25, 0.3) is 0 Å². The minimum atomic E-state index is -0.361. The first-order chi connectivity index (χ1) is 8.65. The van der Waals surface area contributed by atoms with Crippen LogP contribution in [-0.2, 0) is 9.53 Å². The molecule has 0 bridgehead atoms. The van der Waals surface area contributed by atoms with E-state index in [2.05, 4.69) is 32.7 Å². The molecule has 0 amide bonds. The number of hydrogen-bond donors (Lipinski definition) is 0. The van der Waals surface area contributed by atoms with Crippen LogP contribution in [0.5, 0.6) is 0 Å². The van der Waals surface area contributed by atoms with E-state index in [0.29, 0.717) is 0 Å². The Morgan fingerprint density at radius 3 is 2.21 bits per heavy atom. The van der Waals surface area contributed by atoms with Gasteiger partial charge in [-0.25, -0.2) is 0 Å². The monoisotopic (exact) mass is 269 g/mol. The smallest absolute Gasteiger partial charge is 0.309 e. The van der Waals surface area contributed by atoms with E-state index in [4.69, 9.17) is 4.74 Å². The number of carbonyl (C=O) groups excluding carboxylic acids is 1. The van der Waals surface area contributed by atoms with E-state index >= 15 is 0 Å². The molecule has 0 N–H and O–H groups in total. The summed E-state index contributed by atoms with van der Waals surface area (Å²) in [6.07, 6.45) is 3.88. The maximum absolute atomic E-state index is 12.3. The Morgan fingerprint density at radius 2 is 1.74 bits per heavy atom. The summed E-state index contributed by atoms with van der Waals surface area (Å²) in [4.78, 5) is 14.5. The van der Waals surface area contributed by atoms with Gasteiger partial charge in [-0.3, -0.25) is 4.79 Å². The second-order valence-electron chi connectivity index (χ2n) is 7.45. The molecule has 0 unspecified atom stereocenters. The van der Waals surface area contributed by atoms with Crippen LogP contribution < -0.4 is 0 Å². The number of esters is 1. The lowest BCUT2D eigenvalue weighted by Gasteiger charge is -2.36. The molecule has 3 nitrogen and oxygen atoms in total. The number of nitrogens with zero attached hydrogens (tertiary/aromatic N) is 1. The molecule has 3 heteroatoms. The quantitative estimate of drug-likeness (QED) is 0.716. The molecule has 1 fully saturated rings. The molecule has 0 aromatic heterocycles. The highest BCUT2D eigenvalue weighted by molar-refractivity contribution is 5.73. The number of hydrogen-bond acceptors (Lipinski definition) is 3. The van der Waals surface area contributed by atoms with Gasteiger partial charge in [-0.15, -0.1) is 0 Å². The second-order valence-corrected chi connectivity index (χ2v) is 7.45. The third kappa shape index (κ3) is 5.52. The van der Waals surface area contributed by atoms with Gasteiger partial charge in [0.05, 0.1) is 5.92 Å². The first kappa shape index (κ1) is 16.5. The summed E-state index contributed by atoms with van der Waals surface area (Å²) < 4.78 is 5.79. The summed E-state index contributed by atoms with van der Waals surface area (Å²) in [6.45, 7) is 12.7. The van der Waals surface area contributed by atoms with Crippen LogP contribution in [0.2, 0.25) is 0 Å². The maximum atomic E-state index is 12.3. The van der Waals surface area contributed by atoms with E-state index in [0.717, 1.165) is 38.8 Å². The zero-order valence-corrected chi connectivity index (χ0v) is 13.6. The third-order valence-electron chi connectivity index (χ3n) is 4.29. The van der Waals surface area contributed by atoms with Gasteiger partial charge in [0.2, 0.25) is 0 Å². The Hall–Kier alpha value is -0.570. The number of carbonyl (C=O) groups is 1. The molecular weight excluding hydrogens is 238 g/mol. The highest BCUT2D eigenvalue weighted by atomic mass is 16.6. The molecule has 1 aliphatic rings. The molecular formula is C16H31NO2. The van der Waals surface area contributed by atoms with Crippen LogP contribution in [0, 0.1) is 11.3 Å². The van der Waals surface area contributed by atoms with Crippen LogP contribution in [0.3, 0.4) is 0 Å². The lowest BCUT2D eigenvalue weighted by atomic mass is 9.79. The van der Waals surface area contributed by atoms with Gasteiger partial charge in [-0.05, 0) is 58.7 Å². The Bertz CT molecular complexity index is 302. The summed E-state index contributed by atoms with van der Waals surface area (Å²) in [5.41, 5.74) is -0.142. The summed E-state index contributed by atoms with van der Waals surface area (Å²) >= 11 is 0. The molecule has 0 radical (unpaired) electrons. The van der Waals surface area contributed by atoms with Crippen molar-refractivity contribution in [3.05, 3.63) is 0 Å². The van der Waals surface area contributed by atoms with Gasteiger partial charge < -0.3 is 9.64 Å². The maximum Gasteiger partial charge on any atom is 0.309 e. The van der Waals surface area contributed by atoms with Gasteiger partial charge in [-0.2, -0.15) is 0 Å². The number of ether oxygens (including phenoxy) is 1. The fraction of sp³-hybridized carbons (Fsp3) is 0.938. The number of likely N-dealkylation sites (tertiary alicyclic amines) is 1. The van der Waals surface area contributed by atoms with Crippen LogP contribution in [0.4, 0.5) is 0 Å². The predicted molar refractivity (Wildman–Crippen MR) is 79.1 cm³/mol. The normalized spacial score (nSPS) is 19.5. The van der Waals surface area contributed by atoms with Crippen LogP contribution in [0.15, 0.2) is 0 Å². The van der Waals surface area contributed by atoms with Gasteiger partial charge in [-0.1, -0.05) is 27.2 Å². The Labute approximate surface area is 118 Å². The van der Waals surface area contributed by atoms with Crippen molar-refractivity contribution in [1.29, 1.82) is 0 Å². The second kappa shape index (κ2) is 6.25. The lowest BCUT2D eigenvalue weighted by molar-refractivity contribution is -0.165. The summed E-state index contributed by atoms with van der Waals surface area (Å²) in [5, 5.41) is 0. The SMILES string of the molecule is CCC(C)(C)CC(C)(C)OC(=O)C1CCN(C)CC1. The van der Waals surface area contributed by atoms with Gasteiger partial charge >= 0.3 is 5.97 Å². The van der Waals surface area contributed by atoms with Crippen molar-refractivity contribution in [3.8, 4) is 0 Å². The lowest BCUT2D eigenvalue weighted by Crippen LogP contribution is -2.39. The minimum Gasteiger partial charge on any atom is -0.459 e. The first-order valence-electron chi connectivity index (χ1n) is 7.56. The first-order valence-corrected chi connectivity index (χ1v) is 7.56. The fourth-order valence-corrected chi connectivity index (χ4v) is 2.91. The molecule has 0 saturated carbocycles. The molecule has 112 valence electrons. The van der Waals surface area contributed by atoms with Crippen LogP contribution >= 0.6 is 0 Å². The van der Waals surface area contributed by atoms with Crippen molar-refractivity contribution >= 4 is 5.97 Å². The zero-order chi connectivity index (χ0) is 14.7. The fourth-order valence-electron chi connectivity index (χ4n) is 2.91. The summed E-state index contributed by atoms with van der Waals surface area (Å²) in [5.74, 6) is 0.102. The summed E-state index contributed by atoms with van der Waals surface area (Å²) in [7, 11) is 2.11. The molecule has 0 aromatic carbocycles. The van der Waals surface area contributed by atoms with E-state index in [-0.39, 0.29) is 22.9 Å². The molecule has 1 rings (SSSR count). The Kier molecular flexibility index (Phi) is 5.43. The average Bonchev–Trinajstić information content (AvgIpc) is 2.27. The van der Waals surface area contributed by atoms with Crippen molar-refractivity contribution in [1.82, 2.24) is 4.90 Å². The van der Waals surface area contributed by atoms with Gasteiger partial charge in [0.1, 0.15) is 5.60 Å². The number of rotatable bonds is 5. The van der Waals surface area contributed by atoms with Crippen LogP contribution in [-0.4, -0.2) is 36.6 Å². The van der Waals surface area contributed by atoms with E-state index in [1.54, 1.807) is 0 Å². The van der Waals surface area contributed by atoms with E-state index in [9.17, 15) is 4.79 Å². The van der Waals surface area contributed by atoms with Crippen molar-refractivity contribution < 1.29 is 9.53 Å². The standard InChI is InChI=1S/C16H31NO2/c1-7-15(2,3)12-16(4,5)19-14(18)13-8-10-17(6)11-9-13/h13H,7-12H2,1-6H3.